The Kier molecular flexibility index (Phi) is 4.88. The predicted octanol–water partition coefficient (Wildman–Crippen LogP) is 1.54. The van der Waals surface area contributed by atoms with E-state index in [1.165, 1.54) is 0 Å². The van der Waals surface area contributed by atoms with Crippen molar-refractivity contribution in [3.05, 3.63) is 22.9 Å². The Labute approximate surface area is 143 Å². The summed E-state index contributed by atoms with van der Waals surface area (Å²) in [5, 5.41) is 11.7. The fourth-order valence-electron chi connectivity index (χ4n) is 3.11. The van der Waals surface area contributed by atoms with Gasteiger partial charge in [0.2, 0.25) is 0 Å². The molecular weight excluding hydrogens is 339 g/mol. The lowest BCUT2D eigenvalue weighted by molar-refractivity contribution is -0.221. The molecule has 3 heterocycles. The third kappa shape index (κ3) is 3.87. The normalized spacial score (nSPS) is 19.7. The van der Waals surface area contributed by atoms with Gasteiger partial charge >= 0.3 is 6.18 Å². The lowest BCUT2D eigenvalue weighted by Crippen LogP contribution is -2.40. The Bertz CT molecular complexity index is 658. The molecule has 1 aromatic heterocycles. The maximum absolute atomic E-state index is 12.3. The molecule has 1 aromatic rings. The number of pyridine rings is 1. The predicted molar refractivity (Wildman–Crippen MR) is 83.4 cm³/mol. The Morgan fingerprint density at radius 1 is 1.44 bits per heavy atom. The van der Waals surface area contributed by atoms with Crippen LogP contribution in [0.1, 0.15) is 34.5 Å². The van der Waals surface area contributed by atoms with Crippen molar-refractivity contribution in [3.8, 4) is 0 Å². The first kappa shape index (κ1) is 17.9. The van der Waals surface area contributed by atoms with Gasteiger partial charge in [-0.1, -0.05) is 0 Å². The monoisotopic (exact) mass is 359 g/mol. The van der Waals surface area contributed by atoms with Gasteiger partial charge in [0, 0.05) is 13.1 Å². The lowest BCUT2D eigenvalue weighted by atomic mass is 10.1. The molecule has 3 rings (SSSR count). The number of nitrogens with zero attached hydrogens (tertiary/aromatic N) is 2. The number of amides is 1. The van der Waals surface area contributed by atoms with Gasteiger partial charge in [-0.25, -0.2) is 4.98 Å². The molecule has 2 aliphatic heterocycles. The number of nitrogens with one attached hydrogen (secondary N) is 1. The minimum Gasteiger partial charge on any atom is -0.382 e. The summed E-state index contributed by atoms with van der Waals surface area (Å²) in [5.41, 5.74) is 2.21. The Balaban J connectivity index is 1.57. The number of alkyl halides is 3. The van der Waals surface area contributed by atoms with Crippen LogP contribution in [0, 0.1) is 6.92 Å². The number of anilines is 1. The SMILES string of the molecule is Cc1cc2c(nc1N1CCC(OC[C@H](O)C(F)(F)F)CC1)CNC2=O. The maximum atomic E-state index is 12.3. The van der Waals surface area contributed by atoms with E-state index in [1.54, 1.807) is 0 Å². The molecule has 0 aliphatic carbocycles. The van der Waals surface area contributed by atoms with E-state index in [2.05, 4.69) is 15.2 Å². The summed E-state index contributed by atoms with van der Waals surface area (Å²) in [5.74, 6) is 0.677. The Hall–Kier alpha value is -1.87. The molecule has 0 unspecified atom stereocenters. The molecule has 138 valence electrons. The molecule has 1 saturated heterocycles. The van der Waals surface area contributed by atoms with Gasteiger partial charge in [0.25, 0.3) is 5.91 Å². The van der Waals surface area contributed by atoms with Crippen LogP contribution in [0.15, 0.2) is 6.07 Å². The van der Waals surface area contributed by atoms with E-state index in [0.717, 1.165) is 17.1 Å². The van der Waals surface area contributed by atoms with Gasteiger partial charge in [-0.3, -0.25) is 4.79 Å². The summed E-state index contributed by atoms with van der Waals surface area (Å²) in [7, 11) is 0. The molecule has 0 spiro atoms. The van der Waals surface area contributed by atoms with Crippen molar-refractivity contribution in [3.63, 3.8) is 0 Å². The van der Waals surface area contributed by atoms with Crippen LogP contribution in [0.5, 0.6) is 0 Å². The molecule has 2 aliphatic rings. The van der Waals surface area contributed by atoms with E-state index in [4.69, 9.17) is 9.84 Å². The number of aliphatic hydroxyl groups excluding tert-OH is 1. The number of halogens is 3. The number of carbonyl (C=O) groups is 1. The van der Waals surface area contributed by atoms with Crippen LogP contribution in [0.4, 0.5) is 19.0 Å². The number of piperidine rings is 1. The average molecular weight is 359 g/mol. The molecule has 1 atom stereocenters. The average Bonchev–Trinajstić information content (AvgIpc) is 2.92. The van der Waals surface area contributed by atoms with Crippen LogP contribution in [-0.4, -0.2) is 54.1 Å². The van der Waals surface area contributed by atoms with Gasteiger partial charge in [0.15, 0.2) is 6.10 Å². The lowest BCUT2D eigenvalue weighted by Gasteiger charge is -2.34. The van der Waals surface area contributed by atoms with Crippen LogP contribution >= 0.6 is 0 Å². The largest absolute Gasteiger partial charge is 0.416 e. The summed E-state index contributed by atoms with van der Waals surface area (Å²) in [6.07, 6.45) is -6.31. The van der Waals surface area contributed by atoms with E-state index in [-0.39, 0.29) is 12.0 Å². The molecule has 9 heteroatoms. The van der Waals surface area contributed by atoms with Crippen LogP contribution < -0.4 is 10.2 Å². The topological polar surface area (TPSA) is 74.7 Å². The fraction of sp³-hybridized carbons (Fsp3) is 0.625. The number of aliphatic hydroxyl groups is 1. The zero-order valence-electron chi connectivity index (χ0n) is 13.8. The molecule has 0 aromatic carbocycles. The molecule has 0 radical (unpaired) electrons. The van der Waals surface area contributed by atoms with Crippen molar-refractivity contribution in [2.24, 2.45) is 0 Å². The van der Waals surface area contributed by atoms with Crippen molar-refractivity contribution in [2.75, 3.05) is 24.6 Å². The zero-order valence-corrected chi connectivity index (χ0v) is 13.8. The van der Waals surface area contributed by atoms with Gasteiger partial charge in [-0.05, 0) is 31.4 Å². The van der Waals surface area contributed by atoms with Crippen molar-refractivity contribution in [1.29, 1.82) is 0 Å². The second-order valence-corrected chi connectivity index (χ2v) is 6.38. The van der Waals surface area contributed by atoms with Crippen molar-refractivity contribution in [2.45, 2.75) is 44.7 Å². The first-order valence-corrected chi connectivity index (χ1v) is 8.15. The molecule has 6 nitrogen and oxygen atoms in total. The van der Waals surface area contributed by atoms with Gasteiger partial charge < -0.3 is 20.1 Å². The smallest absolute Gasteiger partial charge is 0.382 e. The number of aromatic nitrogens is 1. The van der Waals surface area contributed by atoms with Gasteiger partial charge in [0.05, 0.1) is 30.5 Å². The molecule has 25 heavy (non-hydrogen) atoms. The second kappa shape index (κ2) is 6.80. The maximum Gasteiger partial charge on any atom is 0.416 e. The van der Waals surface area contributed by atoms with Gasteiger partial charge in [-0.2, -0.15) is 13.2 Å². The van der Waals surface area contributed by atoms with Crippen LogP contribution in [0.25, 0.3) is 0 Å². The Morgan fingerprint density at radius 2 is 2.12 bits per heavy atom. The first-order chi connectivity index (χ1) is 11.8. The number of fused-ring (bicyclic) bond motifs is 1. The van der Waals surface area contributed by atoms with E-state index in [1.807, 2.05) is 13.0 Å². The van der Waals surface area contributed by atoms with Gasteiger partial charge in [-0.15, -0.1) is 0 Å². The summed E-state index contributed by atoms with van der Waals surface area (Å²) in [6, 6.07) is 1.82. The number of hydrogen-bond donors (Lipinski definition) is 2. The summed E-state index contributed by atoms with van der Waals surface area (Å²) in [6.45, 7) is 2.76. The van der Waals surface area contributed by atoms with Crippen LogP contribution in [0.3, 0.4) is 0 Å². The fourth-order valence-corrected chi connectivity index (χ4v) is 3.11. The highest BCUT2D eigenvalue weighted by Gasteiger charge is 2.39. The molecule has 0 bridgehead atoms. The standard InChI is InChI=1S/C16H20F3N3O3/c1-9-6-11-12(7-20-15(11)24)21-14(9)22-4-2-10(3-5-22)25-8-13(23)16(17,18)19/h6,10,13,23H,2-5,7-8H2,1H3,(H,20,24)/t13-/m0/s1. The van der Waals surface area contributed by atoms with Gasteiger partial charge in [0.1, 0.15) is 5.82 Å². The Morgan fingerprint density at radius 3 is 2.76 bits per heavy atom. The highest BCUT2D eigenvalue weighted by Crippen LogP contribution is 2.27. The van der Waals surface area contributed by atoms with E-state index >= 15 is 0 Å². The quantitative estimate of drug-likeness (QED) is 0.853. The molecule has 2 N–H and O–H groups in total. The second-order valence-electron chi connectivity index (χ2n) is 6.38. The number of hydrogen-bond acceptors (Lipinski definition) is 5. The molecule has 1 fully saturated rings. The van der Waals surface area contributed by atoms with Crippen LogP contribution in [0.2, 0.25) is 0 Å². The number of carbonyl (C=O) groups excluding carboxylic acids is 1. The minimum atomic E-state index is -4.66. The van der Waals surface area contributed by atoms with Crippen LogP contribution in [-0.2, 0) is 11.3 Å². The summed E-state index contributed by atoms with van der Waals surface area (Å²) < 4.78 is 42.1. The summed E-state index contributed by atoms with van der Waals surface area (Å²) in [4.78, 5) is 18.3. The number of rotatable bonds is 4. The number of aryl methyl sites for hydroxylation is 1. The van der Waals surface area contributed by atoms with E-state index in [9.17, 15) is 18.0 Å². The third-order valence-electron chi connectivity index (χ3n) is 4.54. The number of ether oxygens (including phenoxy) is 1. The van der Waals surface area contributed by atoms with E-state index < -0.39 is 18.9 Å². The molecular formula is C16H20F3N3O3. The highest BCUT2D eigenvalue weighted by molar-refractivity contribution is 5.98. The highest BCUT2D eigenvalue weighted by atomic mass is 19.4. The minimum absolute atomic E-state index is 0.118. The molecule has 0 saturated carbocycles. The van der Waals surface area contributed by atoms with E-state index in [0.29, 0.717) is 38.0 Å². The van der Waals surface area contributed by atoms with Crippen molar-refractivity contribution >= 4 is 11.7 Å². The molecule has 1 amide bonds. The van der Waals surface area contributed by atoms with Crippen molar-refractivity contribution < 1.29 is 27.8 Å². The zero-order chi connectivity index (χ0) is 18.2. The summed E-state index contributed by atoms with van der Waals surface area (Å²) >= 11 is 0. The third-order valence-corrected chi connectivity index (χ3v) is 4.54. The first-order valence-electron chi connectivity index (χ1n) is 8.15. The van der Waals surface area contributed by atoms with Crippen molar-refractivity contribution in [1.82, 2.24) is 10.3 Å².